The van der Waals surface area contributed by atoms with E-state index < -0.39 is 0 Å². The molecule has 1 aliphatic rings. The molecule has 0 fully saturated rings. The third-order valence-electron chi connectivity index (χ3n) is 5.83. The van der Waals surface area contributed by atoms with Gasteiger partial charge in [-0.15, -0.1) is 11.3 Å². The molecule has 0 aliphatic heterocycles. The normalized spacial score (nSPS) is 15.7. The van der Waals surface area contributed by atoms with Crippen LogP contribution in [0.15, 0.2) is 30.3 Å². The van der Waals surface area contributed by atoms with Gasteiger partial charge < -0.3 is 15.5 Å². The van der Waals surface area contributed by atoms with Gasteiger partial charge in [-0.1, -0.05) is 39.0 Å². The zero-order chi connectivity index (χ0) is 21.5. The summed E-state index contributed by atoms with van der Waals surface area (Å²) in [5, 5.41) is 6.79. The number of rotatable bonds is 9. The Labute approximate surface area is 183 Å². The Bertz CT molecular complexity index is 859. The minimum atomic E-state index is -0.169. The lowest BCUT2D eigenvalue weighted by molar-refractivity contribution is 0.0952. The molecule has 0 unspecified atom stereocenters. The molecule has 1 atom stereocenters. The van der Waals surface area contributed by atoms with Crippen molar-refractivity contribution in [3.8, 4) is 0 Å². The number of amides is 2. The predicted octanol–water partition coefficient (Wildman–Crippen LogP) is 4.59. The van der Waals surface area contributed by atoms with Gasteiger partial charge in [0.05, 0.1) is 5.56 Å². The number of anilines is 1. The fraction of sp³-hybridized carbons (Fsp3) is 0.500. The second-order valence-corrected chi connectivity index (χ2v) is 9.12. The molecule has 6 heteroatoms. The fourth-order valence-electron chi connectivity index (χ4n) is 3.98. The highest BCUT2D eigenvalue weighted by atomic mass is 32.1. The molecule has 0 saturated carbocycles. The number of carbonyl (C=O) groups is 2. The van der Waals surface area contributed by atoms with Crippen molar-refractivity contribution >= 4 is 28.2 Å². The van der Waals surface area contributed by atoms with Crippen LogP contribution in [0.1, 0.15) is 64.8 Å². The maximum Gasteiger partial charge on any atom is 0.256 e. The summed E-state index contributed by atoms with van der Waals surface area (Å²) in [5.74, 6) is 0.376. The topological polar surface area (TPSA) is 61.4 Å². The van der Waals surface area contributed by atoms with Crippen LogP contribution in [-0.2, 0) is 12.8 Å². The van der Waals surface area contributed by atoms with Crippen LogP contribution in [0.4, 0.5) is 5.00 Å². The number of nitrogens with zero attached hydrogens (tertiary/aromatic N) is 1. The smallest absolute Gasteiger partial charge is 0.256 e. The first kappa shape index (κ1) is 22.5. The fourth-order valence-corrected chi connectivity index (χ4v) is 5.38. The summed E-state index contributed by atoms with van der Waals surface area (Å²) in [4.78, 5) is 29.4. The van der Waals surface area contributed by atoms with E-state index in [4.69, 9.17) is 0 Å². The van der Waals surface area contributed by atoms with Crippen molar-refractivity contribution in [3.63, 3.8) is 0 Å². The molecule has 5 nitrogen and oxygen atoms in total. The summed E-state index contributed by atoms with van der Waals surface area (Å²) in [6, 6.07) is 9.16. The Balaban J connectivity index is 1.74. The minimum Gasteiger partial charge on any atom is -0.352 e. The van der Waals surface area contributed by atoms with Gasteiger partial charge in [0.25, 0.3) is 11.8 Å². The van der Waals surface area contributed by atoms with Crippen molar-refractivity contribution in [2.75, 3.05) is 31.5 Å². The molecule has 3 rings (SSSR count). The molecule has 1 aliphatic carbocycles. The van der Waals surface area contributed by atoms with Crippen LogP contribution in [-0.4, -0.2) is 42.9 Å². The maximum absolute atomic E-state index is 13.1. The SMILES string of the molecule is CCN(CC)CCCNC(=O)c1c(NC(=O)c2ccccc2)sc2c1CC[C@@H](C)C2. The van der Waals surface area contributed by atoms with E-state index in [2.05, 4.69) is 36.3 Å². The summed E-state index contributed by atoms with van der Waals surface area (Å²) in [6.45, 7) is 10.2. The van der Waals surface area contributed by atoms with E-state index in [-0.39, 0.29) is 11.8 Å². The van der Waals surface area contributed by atoms with E-state index in [0.29, 0.717) is 28.6 Å². The van der Waals surface area contributed by atoms with Gasteiger partial charge in [-0.25, -0.2) is 0 Å². The van der Waals surface area contributed by atoms with Crippen molar-refractivity contribution in [1.29, 1.82) is 0 Å². The summed E-state index contributed by atoms with van der Waals surface area (Å²) in [7, 11) is 0. The Hall–Kier alpha value is -2.18. The van der Waals surface area contributed by atoms with Gasteiger partial charge in [-0.05, 0) is 68.9 Å². The standard InChI is InChI=1S/C24H33N3O2S/c1-4-27(5-2)15-9-14-25-23(29)21-19-13-12-17(3)16-20(19)30-24(21)26-22(28)18-10-7-6-8-11-18/h6-8,10-11,17H,4-5,9,12-16H2,1-3H3,(H,25,29)(H,26,28)/t17-/m1/s1. The largest absolute Gasteiger partial charge is 0.352 e. The molecular weight excluding hydrogens is 394 g/mol. The van der Waals surface area contributed by atoms with Gasteiger partial charge in [0.1, 0.15) is 5.00 Å². The van der Waals surface area contributed by atoms with Gasteiger partial charge in [0.2, 0.25) is 0 Å². The molecule has 0 spiro atoms. The van der Waals surface area contributed by atoms with Crippen LogP contribution >= 0.6 is 11.3 Å². The summed E-state index contributed by atoms with van der Waals surface area (Å²) in [5.41, 5.74) is 2.40. The molecule has 1 heterocycles. The lowest BCUT2D eigenvalue weighted by Crippen LogP contribution is -2.30. The number of benzene rings is 1. The highest BCUT2D eigenvalue weighted by Crippen LogP contribution is 2.39. The highest BCUT2D eigenvalue weighted by Gasteiger charge is 2.28. The van der Waals surface area contributed by atoms with E-state index in [1.807, 2.05) is 18.2 Å². The first-order valence-electron chi connectivity index (χ1n) is 11.0. The second kappa shape index (κ2) is 10.7. The molecule has 162 valence electrons. The Morgan fingerprint density at radius 2 is 1.87 bits per heavy atom. The van der Waals surface area contributed by atoms with Crippen LogP contribution in [0.2, 0.25) is 0 Å². The van der Waals surface area contributed by atoms with Crippen LogP contribution < -0.4 is 10.6 Å². The monoisotopic (exact) mass is 427 g/mol. The van der Waals surface area contributed by atoms with E-state index in [9.17, 15) is 9.59 Å². The average molecular weight is 428 g/mol. The van der Waals surface area contributed by atoms with Gasteiger partial charge in [-0.3, -0.25) is 9.59 Å². The Kier molecular flexibility index (Phi) is 8.05. The quantitative estimate of drug-likeness (QED) is 0.576. The van der Waals surface area contributed by atoms with Crippen molar-refractivity contribution in [2.45, 2.75) is 46.5 Å². The zero-order valence-corrected chi connectivity index (χ0v) is 19.1. The van der Waals surface area contributed by atoms with E-state index >= 15 is 0 Å². The number of hydrogen-bond donors (Lipinski definition) is 2. The number of fused-ring (bicyclic) bond motifs is 1. The van der Waals surface area contributed by atoms with Crippen LogP contribution in [0.3, 0.4) is 0 Å². The number of carbonyl (C=O) groups excluding carboxylic acids is 2. The van der Waals surface area contributed by atoms with E-state index in [1.54, 1.807) is 23.5 Å². The van der Waals surface area contributed by atoms with Gasteiger partial charge in [0, 0.05) is 17.0 Å². The lowest BCUT2D eigenvalue weighted by atomic mass is 9.88. The Morgan fingerprint density at radius 1 is 1.13 bits per heavy atom. The number of thiophene rings is 1. The van der Waals surface area contributed by atoms with Crippen LogP contribution in [0.5, 0.6) is 0 Å². The predicted molar refractivity (Wildman–Crippen MR) is 125 cm³/mol. The zero-order valence-electron chi connectivity index (χ0n) is 18.3. The minimum absolute atomic E-state index is 0.0649. The van der Waals surface area contributed by atoms with Crippen molar-refractivity contribution in [3.05, 3.63) is 51.9 Å². The average Bonchev–Trinajstić information content (AvgIpc) is 3.11. The van der Waals surface area contributed by atoms with Gasteiger partial charge >= 0.3 is 0 Å². The Morgan fingerprint density at radius 3 is 2.57 bits per heavy atom. The summed E-state index contributed by atoms with van der Waals surface area (Å²) in [6.07, 6.45) is 3.88. The summed E-state index contributed by atoms with van der Waals surface area (Å²) >= 11 is 1.57. The van der Waals surface area contributed by atoms with Gasteiger partial charge in [0.15, 0.2) is 0 Å². The van der Waals surface area contributed by atoms with E-state index in [1.165, 1.54) is 4.88 Å². The van der Waals surface area contributed by atoms with Crippen LogP contribution in [0.25, 0.3) is 0 Å². The molecule has 0 radical (unpaired) electrons. The molecule has 0 bridgehead atoms. The van der Waals surface area contributed by atoms with Crippen molar-refractivity contribution in [2.24, 2.45) is 5.92 Å². The molecule has 2 aromatic rings. The first-order valence-corrected chi connectivity index (χ1v) is 11.9. The third-order valence-corrected chi connectivity index (χ3v) is 7.00. The van der Waals surface area contributed by atoms with E-state index in [0.717, 1.165) is 50.9 Å². The first-order chi connectivity index (χ1) is 14.5. The third kappa shape index (κ3) is 5.49. The van der Waals surface area contributed by atoms with Crippen molar-refractivity contribution < 1.29 is 9.59 Å². The van der Waals surface area contributed by atoms with Gasteiger partial charge in [-0.2, -0.15) is 0 Å². The molecule has 2 amide bonds. The molecule has 1 aromatic heterocycles. The second-order valence-electron chi connectivity index (χ2n) is 8.01. The molecule has 2 N–H and O–H groups in total. The maximum atomic E-state index is 13.1. The molecule has 30 heavy (non-hydrogen) atoms. The highest BCUT2D eigenvalue weighted by molar-refractivity contribution is 7.17. The lowest BCUT2D eigenvalue weighted by Gasteiger charge is -2.19. The molecule has 1 aromatic carbocycles. The number of nitrogens with one attached hydrogen (secondary N) is 2. The summed E-state index contributed by atoms with van der Waals surface area (Å²) < 4.78 is 0. The molecular formula is C24H33N3O2S. The van der Waals surface area contributed by atoms with Crippen molar-refractivity contribution in [1.82, 2.24) is 10.2 Å². The molecule has 0 saturated heterocycles. The number of hydrogen-bond acceptors (Lipinski definition) is 4. The van der Waals surface area contributed by atoms with Crippen LogP contribution in [0, 0.1) is 5.92 Å².